The first-order valence-corrected chi connectivity index (χ1v) is 6.39. The van der Waals surface area contributed by atoms with Crippen LogP contribution in [0.4, 0.5) is 0 Å². The van der Waals surface area contributed by atoms with Crippen molar-refractivity contribution in [2.45, 2.75) is 38.6 Å². The van der Waals surface area contributed by atoms with Crippen molar-refractivity contribution in [3.63, 3.8) is 0 Å². The van der Waals surface area contributed by atoms with Gasteiger partial charge in [-0.05, 0) is 19.9 Å². The molecule has 0 aromatic heterocycles. The van der Waals surface area contributed by atoms with Gasteiger partial charge in [0.25, 0.3) is 0 Å². The highest BCUT2D eigenvalue weighted by Gasteiger charge is 2.23. The molecule has 5 nitrogen and oxygen atoms in total. The zero-order valence-corrected chi connectivity index (χ0v) is 10.8. The van der Waals surface area contributed by atoms with Gasteiger partial charge in [0.05, 0.1) is 0 Å². The second kappa shape index (κ2) is 7.27. The fraction of sp³-hybridized carbons (Fsp3) is 0.833. The third-order valence-corrected chi connectivity index (χ3v) is 3.05. The molecule has 1 aliphatic rings. The number of rotatable bonds is 5. The van der Waals surface area contributed by atoms with Gasteiger partial charge in [-0.25, -0.2) is 0 Å². The Morgan fingerprint density at radius 3 is 2.82 bits per heavy atom. The molecule has 2 N–H and O–H groups in total. The lowest BCUT2D eigenvalue weighted by Gasteiger charge is -2.33. The van der Waals surface area contributed by atoms with Crippen molar-refractivity contribution in [1.82, 2.24) is 15.5 Å². The van der Waals surface area contributed by atoms with Crippen LogP contribution in [0.15, 0.2) is 0 Å². The van der Waals surface area contributed by atoms with Crippen molar-refractivity contribution in [2.24, 2.45) is 0 Å². The predicted octanol–water partition coefficient (Wildman–Crippen LogP) is 0.113. The quantitative estimate of drug-likeness (QED) is 0.718. The lowest BCUT2D eigenvalue weighted by Crippen LogP contribution is -2.49. The summed E-state index contributed by atoms with van der Waals surface area (Å²) in [5.41, 5.74) is 0. The highest BCUT2D eigenvalue weighted by Crippen LogP contribution is 2.11. The first-order chi connectivity index (χ1) is 8.17. The molecule has 2 amide bonds. The van der Waals surface area contributed by atoms with Gasteiger partial charge in [0, 0.05) is 38.5 Å². The number of hydrogen-bond donors (Lipinski definition) is 2. The maximum Gasteiger partial charge on any atom is 0.223 e. The van der Waals surface area contributed by atoms with E-state index in [2.05, 4.69) is 10.6 Å². The molecule has 98 valence electrons. The molecular formula is C12H23N3O2. The Hall–Kier alpha value is -1.10. The lowest BCUT2D eigenvalue weighted by molar-refractivity contribution is -0.133. The van der Waals surface area contributed by atoms with Crippen molar-refractivity contribution in [3.05, 3.63) is 0 Å². The number of nitrogens with one attached hydrogen (secondary N) is 2. The fourth-order valence-electron chi connectivity index (χ4n) is 2.04. The average Bonchev–Trinajstić information content (AvgIpc) is 2.36. The summed E-state index contributed by atoms with van der Waals surface area (Å²) in [7, 11) is 1.84. The Bertz CT molecular complexity index is 268. The van der Waals surface area contributed by atoms with Gasteiger partial charge in [-0.1, -0.05) is 6.92 Å². The normalized spacial score (nSPS) is 20.1. The molecular weight excluding hydrogens is 218 g/mol. The van der Waals surface area contributed by atoms with Gasteiger partial charge >= 0.3 is 0 Å². The van der Waals surface area contributed by atoms with Gasteiger partial charge in [-0.2, -0.15) is 0 Å². The molecule has 0 aromatic rings. The Kier molecular flexibility index (Phi) is 5.97. The van der Waals surface area contributed by atoms with Crippen LogP contribution in [0.25, 0.3) is 0 Å². The molecule has 0 spiro atoms. The topological polar surface area (TPSA) is 61.4 Å². The number of amides is 2. The van der Waals surface area contributed by atoms with Crippen molar-refractivity contribution < 1.29 is 9.59 Å². The lowest BCUT2D eigenvalue weighted by atomic mass is 10.1. The second-order valence-corrected chi connectivity index (χ2v) is 4.45. The summed E-state index contributed by atoms with van der Waals surface area (Å²) in [6.45, 7) is 4.03. The average molecular weight is 241 g/mol. The summed E-state index contributed by atoms with van der Waals surface area (Å²) in [6.07, 6.45) is 2.98. The fourth-order valence-corrected chi connectivity index (χ4v) is 2.04. The first kappa shape index (κ1) is 14.0. The Balaban J connectivity index is 2.37. The summed E-state index contributed by atoms with van der Waals surface area (Å²) >= 11 is 0. The van der Waals surface area contributed by atoms with Crippen LogP contribution in [0, 0.1) is 0 Å². The second-order valence-electron chi connectivity index (χ2n) is 4.45. The minimum atomic E-state index is 0.0690. The van der Waals surface area contributed by atoms with Crippen LogP contribution in [0.3, 0.4) is 0 Å². The van der Waals surface area contributed by atoms with Crippen molar-refractivity contribution in [3.8, 4) is 0 Å². The highest BCUT2D eigenvalue weighted by molar-refractivity contribution is 5.77. The molecule has 1 saturated heterocycles. The number of carbonyl (C=O) groups is 2. The summed E-state index contributed by atoms with van der Waals surface area (Å²) in [6, 6.07) is 0.134. The monoisotopic (exact) mass is 241 g/mol. The molecule has 1 rings (SSSR count). The van der Waals surface area contributed by atoms with E-state index in [1.807, 2.05) is 18.9 Å². The number of hydrogen-bond acceptors (Lipinski definition) is 3. The van der Waals surface area contributed by atoms with Gasteiger partial charge < -0.3 is 15.5 Å². The van der Waals surface area contributed by atoms with Gasteiger partial charge in [0.2, 0.25) is 11.8 Å². The van der Waals surface area contributed by atoms with Crippen LogP contribution in [-0.4, -0.2) is 49.4 Å². The molecule has 0 aromatic carbocycles. The maximum atomic E-state index is 11.8. The number of likely N-dealkylation sites (tertiary alicyclic amines) is 1. The Labute approximate surface area is 103 Å². The van der Waals surface area contributed by atoms with E-state index in [9.17, 15) is 9.59 Å². The summed E-state index contributed by atoms with van der Waals surface area (Å²) in [5, 5.41) is 5.93. The molecule has 0 radical (unpaired) electrons. The van der Waals surface area contributed by atoms with E-state index < -0.39 is 0 Å². The number of nitrogens with zero attached hydrogens (tertiary/aromatic N) is 1. The third kappa shape index (κ3) is 4.73. The molecule has 1 heterocycles. The zero-order chi connectivity index (χ0) is 12.7. The van der Waals surface area contributed by atoms with Crippen LogP contribution in [-0.2, 0) is 9.59 Å². The van der Waals surface area contributed by atoms with Crippen molar-refractivity contribution in [2.75, 3.05) is 26.7 Å². The Morgan fingerprint density at radius 1 is 1.41 bits per heavy atom. The highest BCUT2D eigenvalue weighted by atomic mass is 16.2. The molecule has 17 heavy (non-hydrogen) atoms. The molecule has 1 unspecified atom stereocenters. The van der Waals surface area contributed by atoms with E-state index in [4.69, 9.17) is 0 Å². The standard InChI is InChI=1S/C12H23N3O2/c1-3-11(16)14-10-5-4-8-15(9-10)12(17)6-7-13-2/h10,13H,3-9H2,1-2H3,(H,14,16). The smallest absolute Gasteiger partial charge is 0.223 e. The van der Waals surface area contributed by atoms with Gasteiger partial charge in [-0.3, -0.25) is 9.59 Å². The third-order valence-electron chi connectivity index (χ3n) is 3.05. The van der Waals surface area contributed by atoms with E-state index in [1.54, 1.807) is 0 Å². The zero-order valence-electron chi connectivity index (χ0n) is 10.8. The van der Waals surface area contributed by atoms with E-state index in [1.165, 1.54) is 0 Å². The van der Waals surface area contributed by atoms with Gasteiger partial charge in [-0.15, -0.1) is 0 Å². The maximum absolute atomic E-state index is 11.8. The van der Waals surface area contributed by atoms with E-state index in [0.717, 1.165) is 19.4 Å². The minimum absolute atomic E-state index is 0.0690. The molecule has 1 fully saturated rings. The van der Waals surface area contributed by atoms with Crippen LogP contribution >= 0.6 is 0 Å². The molecule has 1 aliphatic heterocycles. The molecule has 0 saturated carbocycles. The van der Waals surface area contributed by atoms with Crippen LogP contribution in [0.1, 0.15) is 32.6 Å². The van der Waals surface area contributed by atoms with Crippen LogP contribution < -0.4 is 10.6 Å². The van der Waals surface area contributed by atoms with Gasteiger partial charge in [0.15, 0.2) is 0 Å². The Morgan fingerprint density at radius 2 is 2.18 bits per heavy atom. The van der Waals surface area contributed by atoms with Crippen molar-refractivity contribution in [1.29, 1.82) is 0 Å². The summed E-state index contributed by atoms with van der Waals surface area (Å²) < 4.78 is 0. The largest absolute Gasteiger partial charge is 0.352 e. The predicted molar refractivity (Wildman–Crippen MR) is 66.6 cm³/mol. The van der Waals surface area contributed by atoms with E-state index >= 15 is 0 Å². The molecule has 0 aliphatic carbocycles. The molecule has 5 heteroatoms. The van der Waals surface area contributed by atoms with Gasteiger partial charge in [0.1, 0.15) is 0 Å². The van der Waals surface area contributed by atoms with Crippen LogP contribution in [0.2, 0.25) is 0 Å². The van der Waals surface area contributed by atoms with Crippen molar-refractivity contribution >= 4 is 11.8 Å². The molecule has 0 bridgehead atoms. The van der Waals surface area contributed by atoms with Crippen LogP contribution in [0.5, 0.6) is 0 Å². The number of piperidine rings is 1. The van der Waals surface area contributed by atoms with E-state index in [-0.39, 0.29) is 17.9 Å². The first-order valence-electron chi connectivity index (χ1n) is 6.39. The summed E-state index contributed by atoms with van der Waals surface area (Å²) in [4.78, 5) is 25.0. The summed E-state index contributed by atoms with van der Waals surface area (Å²) in [5.74, 6) is 0.245. The minimum Gasteiger partial charge on any atom is -0.352 e. The SMILES string of the molecule is CCC(=O)NC1CCCN(C(=O)CCNC)C1. The molecule has 1 atom stereocenters. The number of carbonyl (C=O) groups excluding carboxylic acids is 2. The van der Waals surface area contributed by atoms with E-state index in [0.29, 0.717) is 25.9 Å².